The van der Waals surface area contributed by atoms with Gasteiger partial charge in [-0.25, -0.2) is 13.8 Å². The summed E-state index contributed by atoms with van der Waals surface area (Å²) in [4.78, 5) is 25.3. The van der Waals surface area contributed by atoms with Crippen LogP contribution in [0.1, 0.15) is 22.8 Å². The minimum Gasteiger partial charge on any atom is -0.493 e. The molecule has 0 aliphatic rings. The second-order valence-electron chi connectivity index (χ2n) is 8.99. The maximum atomic E-state index is 13.7. The molecule has 2 N–H and O–H groups in total. The van der Waals surface area contributed by atoms with E-state index in [1.165, 1.54) is 32.4 Å². The van der Waals surface area contributed by atoms with Gasteiger partial charge in [-0.05, 0) is 61.0 Å². The Morgan fingerprint density at radius 3 is 2.02 bits per heavy atom. The molecule has 0 saturated carbocycles. The first kappa shape index (κ1) is 29.8. The van der Waals surface area contributed by atoms with Gasteiger partial charge in [-0.2, -0.15) is 5.10 Å². The Balaban J connectivity index is 1.48. The summed E-state index contributed by atoms with van der Waals surface area (Å²) in [6.45, 7) is 1.18. The van der Waals surface area contributed by atoms with Crippen LogP contribution in [0.5, 0.6) is 11.5 Å². The molecule has 0 aliphatic heterocycles. The van der Waals surface area contributed by atoms with Crippen LogP contribution in [-0.2, 0) is 14.8 Å². The molecule has 0 bridgehead atoms. The van der Waals surface area contributed by atoms with E-state index in [0.29, 0.717) is 34.0 Å². The zero-order valence-corrected chi connectivity index (χ0v) is 24.1. The van der Waals surface area contributed by atoms with Crippen LogP contribution in [0.25, 0.3) is 0 Å². The van der Waals surface area contributed by atoms with Crippen molar-refractivity contribution in [3.63, 3.8) is 0 Å². The van der Waals surface area contributed by atoms with E-state index in [-0.39, 0.29) is 16.6 Å². The van der Waals surface area contributed by atoms with Gasteiger partial charge in [0, 0.05) is 17.3 Å². The number of methoxy groups -OCH3 is 2. The standard InChI is InChI=1S/C31H30N4O6S/c1-22(23-14-16-25(17-15-23)32-31(37)24-10-6-4-7-11-24)33-34-30(36)21-35(26-12-8-5-9-13-26)42(38,39)27-18-19-28(40-2)29(20-27)41-3/h4-20H,21H2,1-3H3,(H,32,37)(H,34,36)/b33-22-. The number of ether oxygens (including phenoxy) is 2. The van der Waals surface area contributed by atoms with Gasteiger partial charge in [0.1, 0.15) is 6.54 Å². The van der Waals surface area contributed by atoms with Gasteiger partial charge in [0.2, 0.25) is 0 Å². The highest BCUT2D eigenvalue weighted by Crippen LogP contribution is 2.32. The summed E-state index contributed by atoms with van der Waals surface area (Å²) in [6, 6.07) is 28.3. The number of carbonyl (C=O) groups excluding carboxylic acids is 2. The first-order chi connectivity index (χ1) is 20.2. The molecule has 0 atom stereocenters. The minimum atomic E-state index is -4.18. The number of rotatable bonds is 11. The first-order valence-corrected chi connectivity index (χ1v) is 14.3. The van der Waals surface area contributed by atoms with Crippen molar-refractivity contribution in [1.29, 1.82) is 0 Å². The molecule has 2 amide bonds. The molecule has 0 aliphatic carbocycles. The van der Waals surface area contributed by atoms with Crippen LogP contribution in [0.4, 0.5) is 11.4 Å². The van der Waals surface area contributed by atoms with Gasteiger partial charge >= 0.3 is 0 Å². The highest BCUT2D eigenvalue weighted by molar-refractivity contribution is 7.92. The molecule has 216 valence electrons. The van der Waals surface area contributed by atoms with E-state index in [1.54, 1.807) is 85.8 Å². The number of hydrazone groups is 1. The van der Waals surface area contributed by atoms with E-state index in [2.05, 4.69) is 15.8 Å². The van der Waals surface area contributed by atoms with Crippen molar-refractivity contribution in [2.24, 2.45) is 5.10 Å². The lowest BCUT2D eigenvalue weighted by atomic mass is 10.1. The summed E-state index contributed by atoms with van der Waals surface area (Å²) in [5, 5.41) is 6.98. The van der Waals surface area contributed by atoms with Gasteiger partial charge in [-0.1, -0.05) is 48.5 Å². The van der Waals surface area contributed by atoms with Crippen LogP contribution >= 0.6 is 0 Å². The Bertz CT molecular complexity index is 1680. The number of sulfonamides is 1. The number of anilines is 2. The van der Waals surface area contributed by atoms with E-state index in [1.807, 2.05) is 6.07 Å². The van der Waals surface area contributed by atoms with Crippen molar-refractivity contribution >= 4 is 38.9 Å². The molecule has 0 aromatic heterocycles. The van der Waals surface area contributed by atoms with Crippen LogP contribution in [-0.4, -0.2) is 46.7 Å². The van der Waals surface area contributed by atoms with Crippen molar-refractivity contribution in [1.82, 2.24) is 5.43 Å². The van der Waals surface area contributed by atoms with Crippen LogP contribution in [0.2, 0.25) is 0 Å². The second-order valence-corrected chi connectivity index (χ2v) is 10.9. The van der Waals surface area contributed by atoms with Crippen molar-refractivity contribution in [3.8, 4) is 11.5 Å². The average molecular weight is 587 g/mol. The fraction of sp³-hybridized carbons (Fsp3) is 0.129. The predicted molar refractivity (Wildman–Crippen MR) is 162 cm³/mol. The predicted octanol–water partition coefficient (Wildman–Crippen LogP) is 4.69. The molecular weight excluding hydrogens is 556 g/mol. The number of nitrogens with zero attached hydrogens (tertiary/aromatic N) is 2. The number of hydrogen-bond acceptors (Lipinski definition) is 7. The summed E-state index contributed by atoms with van der Waals surface area (Å²) in [6.07, 6.45) is 0. The number of carbonyl (C=O) groups is 2. The third kappa shape index (κ3) is 7.12. The first-order valence-electron chi connectivity index (χ1n) is 12.8. The topological polar surface area (TPSA) is 126 Å². The van der Waals surface area contributed by atoms with Crippen LogP contribution in [0.3, 0.4) is 0 Å². The molecule has 4 rings (SSSR count). The van der Waals surface area contributed by atoms with Gasteiger partial charge in [-0.15, -0.1) is 0 Å². The molecular formula is C31H30N4O6S. The number of nitrogens with one attached hydrogen (secondary N) is 2. The van der Waals surface area contributed by atoms with E-state index in [4.69, 9.17) is 9.47 Å². The van der Waals surface area contributed by atoms with E-state index in [0.717, 1.165) is 4.31 Å². The van der Waals surface area contributed by atoms with E-state index in [9.17, 15) is 18.0 Å². The highest BCUT2D eigenvalue weighted by atomic mass is 32.2. The van der Waals surface area contributed by atoms with Gasteiger partial charge in [0.25, 0.3) is 21.8 Å². The molecule has 0 unspecified atom stereocenters. The zero-order valence-electron chi connectivity index (χ0n) is 23.3. The molecule has 0 saturated heterocycles. The van der Waals surface area contributed by atoms with Crippen LogP contribution < -0.4 is 24.5 Å². The normalized spacial score (nSPS) is 11.4. The Labute approximate surface area is 244 Å². The maximum absolute atomic E-state index is 13.7. The highest BCUT2D eigenvalue weighted by Gasteiger charge is 2.28. The SMILES string of the molecule is COc1ccc(S(=O)(=O)N(CC(=O)N/N=C(/C)c2ccc(NC(=O)c3ccccc3)cc2)c2ccccc2)cc1OC. The van der Waals surface area contributed by atoms with Gasteiger partial charge in [0.15, 0.2) is 11.5 Å². The number of para-hydroxylation sites is 1. The molecule has 11 heteroatoms. The smallest absolute Gasteiger partial charge is 0.264 e. The fourth-order valence-corrected chi connectivity index (χ4v) is 5.41. The summed E-state index contributed by atoms with van der Waals surface area (Å²) in [5.74, 6) is -0.264. The molecule has 42 heavy (non-hydrogen) atoms. The van der Waals surface area contributed by atoms with Crippen LogP contribution in [0.15, 0.2) is 113 Å². The molecule has 0 spiro atoms. The van der Waals surface area contributed by atoms with Crippen molar-refractivity contribution in [2.45, 2.75) is 11.8 Å². The quantitative estimate of drug-likeness (QED) is 0.194. The van der Waals surface area contributed by atoms with Crippen molar-refractivity contribution in [2.75, 3.05) is 30.4 Å². The van der Waals surface area contributed by atoms with Gasteiger partial charge in [0.05, 0.1) is 30.5 Å². The van der Waals surface area contributed by atoms with Gasteiger partial charge < -0.3 is 14.8 Å². The minimum absolute atomic E-state index is 0.0732. The number of hydrogen-bond donors (Lipinski definition) is 2. The lowest BCUT2D eigenvalue weighted by Gasteiger charge is -2.24. The van der Waals surface area contributed by atoms with E-state index < -0.39 is 22.5 Å². The summed E-state index contributed by atoms with van der Waals surface area (Å²) in [7, 11) is -1.32. The summed E-state index contributed by atoms with van der Waals surface area (Å²) in [5.41, 5.74) is 5.07. The number of amides is 2. The second kappa shape index (κ2) is 13.5. The van der Waals surface area contributed by atoms with E-state index >= 15 is 0 Å². The number of benzene rings is 4. The Morgan fingerprint density at radius 2 is 1.40 bits per heavy atom. The molecule has 4 aromatic rings. The summed E-state index contributed by atoms with van der Waals surface area (Å²) >= 11 is 0. The van der Waals surface area contributed by atoms with Gasteiger partial charge in [-0.3, -0.25) is 13.9 Å². The molecule has 0 radical (unpaired) electrons. The maximum Gasteiger partial charge on any atom is 0.264 e. The lowest BCUT2D eigenvalue weighted by molar-refractivity contribution is -0.119. The van der Waals surface area contributed by atoms with Crippen molar-refractivity contribution in [3.05, 3.63) is 114 Å². The van der Waals surface area contributed by atoms with Crippen LogP contribution in [0, 0.1) is 0 Å². The molecule has 0 heterocycles. The Morgan fingerprint density at radius 1 is 0.786 bits per heavy atom. The summed E-state index contributed by atoms with van der Waals surface area (Å²) < 4.78 is 38.8. The van der Waals surface area contributed by atoms with Crippen molar-refractivity contribution < 1.29 is 27.5 Å². The molecule has 4 aromatic carbocycles. The third-order valence-corrected chi connectivity index (χ3v) is 7.99. The lowest BCUT2D eigenvalue weighted by Crippen LogP contribution is -2.39. The largest absolute Gasteiger partial charge is 0.493 e. The molecule has 0 fully saturated rings. The monoisotopic (exact) mass is 586 g/mol. The zero-order chi connectivity index (χ0) is 30.1. The average Bonchev–Trinajstić information content (AvgIpc) is 3.03. The third-order valence-electron chi connectivity index (χ3n) is 6.22. The Hall–Kier alpha value is -5.16. The Kier molecular flexibility index (Phi) is 9.56. The molecule has 10 nitrogen and oxygen atoms in total. The fourth-order valence-electron chi connectivity index (χ4n) is 3.98.